The topological polar surface area (TPSA) is 43.3 Å². The van der Waals surface area contributed by atoms with Crippen molar-refractivity contribution in [2.75, 3.05) is 5.73 Å². The van der Waals surface area contributed by atoms with Gasteiger partial charge in [-0.2, -0.15) is 0 Å². The Bertz CT molecular complexity index is 544. The van der Waals surface area contributed by atoms with Crippen molar-refractivity contribution >= 4 is 11.5 Å². The highest BCUT2D eigenvalue weighted by Gasteiger charge is 2.25. The SMILES string of the molecule is Cc1cccc2nc(C(C(C)C)C(C)C)c(N)n12. The molecule has 0 atom stereocenters. The number of nitrogen functional groups attached to an aromatic ring is 1. The number of fused-ring (bicyclic) bond motifs is 1. The number of aryl methyl sites for hydroxylation is 1. The van der Waals surface area contributed by atoms with Gasteiger partial charge in [0.2, 0.25) is 0 Å². The number of rotatable bonds is 3. The molecule has 0 spiro atoms. The number of hydrogen-bond acceptors (Lipinski definition) is 2. The van der Waals surface area contributed by atoms with Crippen LogP contribution < -0.4 is 5.73 Å². The summed E-state index contributed by atoms with van der Waals surface area (Å²) in [6, 6.07) is 6.11. The summed E-state index contributed by atoms with van der Waals surface area (Å²) in [4.78, 5) is 4.75. The molecule has 0 amide bonds. The Morgan fingerprint density at radius 1 is 1.11 bits per heavy atom. The first-order valence-corrected chi connectivity index (χ1v) is 6.67. The molecule has 3 heteroatoms. The number of nitrogens with two attached hydrogens (primary N) is 1. The third kappa shape index (κ3) is 1.98. The maximum atomic E-state index is 6.32. The summed E-state index contributed by atoms with van der Waals surface area (Å²) in [5.41, 5.74) is 9.45. The van der Waals surface area contributed by atoms with E-state index < -0.39 is 0 Å². The summed E-state index contributed by atoms with van der Waals surface area (Å²) < 4.78 is 2.05. The largest absolute Gasteiger partial charge is 0.383 e. The van der Waals surface area contributed by atoms with Crippen LogP contribution in [0.15, 0.2) is 18.2 Å². The second-order valence-corrected chi connectivity index (χ2v) is 5.76. The van der Waals surface area contributed by atoms with Crippen LogP contribution in [0.3, 0.4) is 0 Å². The summed E-state index contributed by atoms with van der Waals surface area (Å²) >= 11 is 0. The fourth-order valence-electron chi connectivity index (χ4n) is 2.95. The molecule has 2 heterocycles. The number of hydrogen-bond donors (Lipinski definition) is 1. The molecule has 0 aliphatic carbocycles. The van der Waals surface area contributed by atoms with E-state index in [-0.39, 0.29) is 0 Å². The molecular weight excluding hydrogens is 222 g/mol. The Morgan fingerprint density at radius 2 is 1.72 bits per heavy atom. The number of nitrogens with zero attached hydrogens (tertiary/aromatic N) is 2. The molecule has 0 aliphatic heterocycles. The molecule has 0 fully saturated rings. The average Bonchev–Trinajstić information content (AvgIpc) is 2.57. The van der Waals surface area contributed by atoms with Gasteiger partial charge in [0.25, 0.3) is 0 Å². The van der Waals surface area contributed by atoms with E-state index in [2.05, 4.69) is 40.7 Å². The Morgan fingerprint density at radius 3 is 2.22 bits per heavy atom. The van der Waals surface area contributed by atoms with Gasteiger partial charge in [-0.1, -0.05) is 33.8 Å². The molecule has 0 radical (unpaired) electrons. The van der Waals surface area contributed by atoms with Gasteiger partial charge < -0.3 is 5.73 Å². The van der Waals surface area contributed by atoms with E-state index in [9.17, 15) is 0 Å². The molecule has 2 aromatic rings. The molecule has 18 heavy (non-hydrogen) atoms. The molecule has 2 aromatic heterocycles. The van der Waals surface area contributed by atoms with Gasteiger partial charge >= 0.3 is 0 Å². The lowest BCUT2D eigenvalue weighted by Crippen LogP contribution is -2.15. The summed E-state index contributed by atoms with van der Waals surface area (Å²) in [7, 11) is 0. The molecule has 0 aromatic carbocycles. The Hall–Kier alpha value is -1.51. The molecule has 3 nitrogen and oxygen atoms in total. The fourth-order valence-corrected chi connectivity index (χ4v) is 2.95. The lowest BCUT2D eigenvalue weighted by atomic mass is 9.83. The van der Waals surface area contributed by atoms with Gasteiger partial charge in [-0.15, -0.1) is 0 Å². The van der Waals surface area contributed by atoms with E-state index in [0.717, 1.165) is 22.9 Å². The van der Waals surface area contributed by atoms with Crippen molar-refractivity contribution in [1.29, 1.82) is 0 Å². The van der Waals surface area contributed by atoms with E-state index in [0.29, 0.717) is 17.8 Å². The van der Waals surface area contributed by atoms with E-state index in [1.54, 1.807) is 0 Å². The smallest absolute Gasteiger partial charge is 0.138 e. The maximum absolute atomic E-state index is 6.32. The quantitative estimate of drug-likeness (QED) is 0.897. The highest BCUT2D eigenvalue weighted by Crippen LogP contribution is 2.35. The lowest BCUT2D eigenvalue weighted by Gasteiger charge is -2.23. The first-order chi connectivity index (χ1) is 8.43. The van der Waals surface area contributed by atoms with Crippen molar-refractivity contribution in [2.45, 2.75) is 40.5 Å². The Labute approximate surface area is 109 Å². The van der Waals surface area contributed by atoms with Crippen molar-refractivity contribution in [1.82, 2.24) is 9.38 Å². The molecule has 0 bridgehead atoms. The highest BCUT2D eigenvalue weighted by molar-refractivity contribution is 5.55. The second-order valence-electron chi connectivity index (χ2n) is 5.76. The predicted molar refractivity (Wildman–Crippen MR) is 76.8 cm³/mol. The van der Waals surface area contributed by atoms with Crippen molar-refractivity contribution in [3.05, 3.63) is 29.6 Å². The highest BCUT2D eigenvalue weighted by atomic mass is 15.1. The molecule has 2 rings (SSSR count). The van der Waals surface area contributed by atoms with Crippen LogP contribution in [0, 0.1) is 18.8 Å². The van der Waals surface area contributed by atoms with Crippen LogP contribution in [0.25, 0.3) is 5.65 Å². The van der Waals surface area contributed by atoms with Crippen LogP contribution in [0.5, 0.6) is 0 Å². The zero-order valence-electron chi connectivity index (χ0n) is 11.9. The second kappa shape index (κ2) is 4.63. The fraction of sp³-hybridized carbons (Fsp3) is 0.533. The first-order valence-electron chi connectivity index (χ1n) is 6.67. The third-order valence-electron chi connectivity index (χ3n) is 3.66. The molecule has 2 N–H and O–H groups in total. The standard InChI is InChI=1S/C15H23N3/c1-9(2)13(10(3)4)14-15(16)18-11(5)7-6-8-12(18)17-14/h6-10,13H,16H2,1-5H3. The average molecular weight is 245 g/mol. The van der Waals surface area contributed by atoms with Gasteiger partial charge in [-0.05, 0) is 30.9 Å². The Kier molecular flexibility index (Phi) is 3.33. The monoisotopic (exact) mass is 245 g/mol. The molecule has 0 saturated heterocycles. The van der Waals surface area contributed by atoms with Crippen molar-refractivity contribution in [2.24, 2.45) is 11.8 Å². The van der Waals surface area contributed by atoms with Gasteiger partial charge in [0, 0.05) is 11.6 Å². The lowest BCUT2D eigenvalue weighted by molar-refractivity contribution is 0.382. The summed E-state index contributed by atoms with van der Waals surface area (Å²) in [6.45, 7) is 11.0. The van der Waals surface area contributed by atoms with Gasteiger partial charge in [-0.3, -0.25) is 4.40 Å². The van der Waals surface area contributed by atoms with Gasteiger partial charge in [-0.25, -0.2) is 4.98 Å². The number of aromatic nitrogens is 2. The van der Waals surface area contributed by atoms with Crippen LogP contribution in [0.1, 0.15) is 45.0 Å². The number of anilines is 1. The molecule has 98 valence electrons. The minimum absolute atomic E-state index is 0.407. The first kappa shape index (κ1) is 12.9. The van der Waals surface area contributed by atoms with Crippen molar-refractivity contribution in [3.8, 4) is 0 Å². The normalized spacial score (nSPS) is 12.2. The molecule has 0 unspecified atom stereocenters. The van der Waals surface area contributed by atoms with Gasteiger partial charge in [0.15, 0.2) is 0 Å². The molecule has 0 aliphatic rings. The van der Waals surface area contributed by atoms with Crippen LogP contribution in [0.4, 0.5) is 5.82 Å². The third-order valence-corrected chi connectivity index (χ3v) is 3.66. The number of imidazole rings is 1. The van der Waals surface area contributed by atoms with Crippen LogP contribution >= 0.6 is 0 Å². The van der Waals surface area contributed by atoms with E-state index >= 15 is 0 Å². The Balaban J connectivity index is 2.65. The summed E-state index contributed by atoms with van der Waals surface area (Å²) in [6.07, 6.45) is 0. The maximum Gasteiger partial charge on any atom is 0.138 e. The van der Waals surface area contributed by atoms with E-state index in [4.69, 9.17) is 10.7 Å². The number of pyridine rings is 1. The predicted octanol–water partition coefficient (Wildman–Crippen LogP) is 3.62. The minimum Gasteiger partial charge on any atom is -0.383 e. The summed E-state index contributed by atoms with van der Waals surface area (Å²) in [5.74, 6) is 2.29. The van der Waals surface area contributed by atoms with Crippen LogP contribution in [-0.2, 0) is 0 Å². The minimum atomic E-state index is 0.407. The van der Waals surface area contributed by atoms with Crippen LogP contribution in [0.2, 0.25) is 0 Å². The van der Waals surface area contributed by atoms with E-state index in [1.165, 1.54) is 0 Å². The zero-order chi connectivity index (χ0) is 13.4. The van der Waals surface area contributed by atoms with Crippen molar-refractivity contribution in [3.63, 3.8) is 0 Å². The van der Waals surface area contributed by atoms with Crippen LogP contribution in [-0.4, -0.2) is 9.38 Å². The molecular formula is C15H23N3. The summed E-state index contributed by atoms with van der Waals surface area (Å²) in [5, 5.41) is 0. The van der Waals surface area contributed by atoms with Gasteiger partial charge in [0.05, 0.1) is 5.69 Å². The van der Waals surface area contributed by atoms with Gasteiger partial charge in [0.1, 0.15) is 11.5 Å². The van der Waals surface area contributed by atoms with E-state index in [1.807, 2.05) is 16.5 Å². The molecule has 0 saturated carbocycles. The van der Waals surface area contributed by atoms with Crippen molar-refractivity contribution < 1.29 is 0 Å². The zero-order valence-corrected chi connectivity index (χ0v) is 11.9.